The van der Waals surface area contributed by atoms with E-state index in [0.717, 1.165) is 36.3 Å². The lowest BCUT2D eigenvalue weighted by Gasteiger charge is -2.15. The first kappa shape index (κ1) is 15.8. The Kier molecular flexibility index (Phi) is 5.23. The standard InChI is InChI=1S/C17H24N2OS/c1-5-14(6-2)18-17(20)16-10-12(3)19(13(16)4)11-15-8-7-9-21-15/h7-10,14H,5-6,11H2,1-4H3,(H,18,20). The Balaban J connectivity index is 2.20. The first-order valence-electron chi connectivity index (χ1n) is 7.56. The molecule has 0 saturated carbocycles. The molecule has 0 aromatic carbocycles. The van der Waals surface area contributed by atoms with Crippen molar-refractivity contribution in [2.45, 2.75) is 53.1 Å². The molecule has 0 saturated heterocycles. The second-order valence-corrected chi connectivity index (χ2v) is 6.47. The highest BCUT2D eigenvalue weighted by Gasteiger charge is 2.17. The fourth-order valence-corrected chi connectivity index (χ4v) is 3.28. The summed E-state index contributed by atoms with van der Waals surface area (Å²) in [6.07, 6.45) is 1.94. The van der Waals surface area contributed by atoms with Crippen molar-refractivity contribution in [2.75, 3.05) is 0 Å². The Morgan fingerprint density at radius 3 is 2.62 bits per heavy atom. The van der Waals surface area contributed by atoms with Crippen molar-refractivity contribution in [1.82, 2.24) is 9.88 Å². The number of rotatable bonds is 6. The second kappa shape index (κ2) is 6.94. The fraction of sp³-hybridized carbons (Fsp3) is 0.471. The minimum atomic E-state index is 0.0502. The van der Waals surface area contributed by atoms with Crippen molar-refractivity contribution in [3.8, 4) is 0 Å². The van der Waals surface area contributed by atoms with Crippen LogP contribution in [-0.4, -0.2) is 16.5 Å². The lowest BCUT2D eigenvalue weighted by Crippen LogP contribution is -2.34. The molecule has 2 aromatic rings. The van der Waals surface area contributed by atoms with Crippen molar-refractivity contribution < 1.29 is 4.79 Å². The average molecular weight is 304 g/mol. The quantitative estimate of drug-likeness (QED) is 0.855. The molecule has 3 nitrogen and oxygen atoms in total. The number of amides is 1. The highest BCUT2D eigenvalue weighted by Crippen LogP contribution is 2.19. The number of hydrogen-bond donors (Lipinski definition) is 1. The maximum atomic E-state index is 12.4. The van der Waals surface area contributed by atoms with Gasteiger partial charge in [-0.05, 0) is 44.2 Å². The number of carbonyl (C=O) groups excluding carboxylic acids is 1. The normalized spacial score (nSPS) is 11.1. The smallest absolute Gasteiger partial charge is 0.253 e. The Bertz CT molecular complexity index is 595. The van der Waals surface area contributed by atoms with Gasteiger partial charge in [0.2, 0.25) is 0 Å². The van der Waals surface area contributed by atoms with Gasteiger partial charge >= 0.3 is 0 Å². The molecule has 21 heavy (non-hydrogen) atoms. The minimum Gasteiger partial charge on any atom is -0.349 e. The van der Waals surface area contributed by atoms with Gasteiger partial charge in [0, 0.05) is 22.3 Å². The molecule has 0 aliphatic carbocycles. The summed E-state index contributed by atoms with van der Waals surface area (Å²) < 4.78 is 2.22. The van der Waals surface area contributed by atoms with Crippen LogP contribution in [-0.2, 0) is 6.54 Å². The van der Waals surface area contributed by atoms with E-state index in [0.29, 0.717) is 0 Å². The summed E-state index contributed by atoms with van der Waals surface area (Å²) in [6.45, 7) is 9.15. The molecular weight excluding hydrogens is 280 g/mol. The first-order chi connectivity index (χ1) is 10.1. The highest BCUT2D eigenvalue weighted by molar-refractivity contribution is 7.09. The first-order valence-corrected chi connectivity index (χ1v) is 8.44. The van der Waals surface area contributed by atoms with Gasteiger partial charge < -0.3 is 9.88 Å². The van der Waals surface area contributed by atoms with Crippen molar-refractivity contribution in [1.29, 1.82) is 0 Å². The third-order valence-electron chi connectivity index (χ3n) is 4.03. The molecule has 0 fully saturated rings. The second-order valence-electron chi connectivity index (χ2n) is 5.44. The maximum Gasteiger partial charge on any atom is 0.253 e. The van der Waals surface area contributed by atoms with E-state index in [1.54, 1.807) is 11.3 Å². The maximum absolute atomic E-state index is 12.4. The van der Waals surface area contributed by atoms with Crippen molar-refractivity contribution in [2.24, 2.45) is 0 Å². The van der Waals surface area contributed by atoms with Crippen LogP contribution >= 0.6 is 11.3 Å². The van der Waals surface area contributed by atoms with Crippen LogP contribution in [0.4, 0.5) is 0 Å². The van der Waals surface area contributed by atoms with Gasteiger partial charge in [-0.25, -0.2) is 0 Å². The zero-order valence-electron chi connectivity index (χ0n) is 13.3. The van der Waals surface area contributed by atoms with Crippen LogP contribution in [0.15, 0.2) is 23.6 Å². The molecule has 0 unspecified atom stereocenters. The van der Waals surface area contributed by atoms with Crippen molar-refractivity contribution in [3.05, 3.63) is 45.4 Å². The zero-order valence-corrected chi connectivity index (χ0v) is 14.1. The van der Waals surface area contributed by atoms with Gasteiger partial charge in [-0.1, -0.05) is 19.9 Å². The summed E-state index contributed by atoms with van der Waals surface area (Å²) in [5, 5.41) is 5.21. The van der Waals surface area contributed by atoms with Gasteiger partial charge in [0.1, 0.15) is 0 Å². The molecular formula is C17H24N2OS. The molecule has 0 bridgehead atoms. The van der Waals surface area contributed by atoms with Crippen molar-refractivity contribution in [3.63, 3.8) is 0 Å². The summed E-state index contributed by atoms with van der Waals surface area (Å²) in [5.74, 6) is 0.0502. The summed E-state index contributed by atoms with van der Waals surface area (Å²) in [6, 6.07) is 6.46. The van der Waals surface area contributed by atoms with Crippen LogP contribution in [0.1, 0.15) is 53.3 Å². The number of aryl methyl sites for hydroxylation is 1. The van der Waals surface area contributed by atoms with E-state index in [9.17, 15) is 4.79 Å². The van der Waals surface area contributed by atoms with Gasteiger partial charge in [-0.2, -0.15) is 0 Å². The van der Waals surface area contributed by atoms with Gasteiger partial charge in [-0.15, -0.1) is 11.3 Å². The molecule has 0 atom stereocenters. The Morgan fingerprint density at radius 1 is 1.33 bits per heavy atom. The van der Waals surface area contributed by atoms with Crippen LogP contribution in [0, 0.1) is 13.8 Å². The molecule has 2 aromatic heterocycles. The summed E-state index contributed by atoms with van der Waals surface area (Å²) in [7, 11) is 0. The van der Waals surface area contributed by atoms with E-state index in [4.69, 9.17) is 0 Å². The lowest BCUT2D eigenvalue weighted by atomic mass is 10.1. The van der Waals surface area contributed by atoms with Gasteiger partial charge in [0.25, 0.3) is 5.91 Å². The van der Waals surface area contributed by atoms with E-state index >= 15 is 0 Å². The molecule has 1 amide bonds. The number of thiophene rings is 1. The molecule has 114 valence electrons. The van der Waals surface area contributed by atoms with Crippen LogP contribution in [0.3, 0.4) is 0 Å². The summed E-state index contributed by atoms with van der Waals surface area (Å²) >= 11 is 1.75. The largest absolute Gasteiger partial charge is 0.349 e. The molecule has 4 heteroatoms. The number of nitrogens with zero attached hydrogens (tertiary/aromatic N) is 1. The van der Waals surface area contributed by atoms with Crippen LogP contribution in [0.2, 0.25) is 0 Å². The molecule has 0 aliphatic rings. The topological polar surface area (TPSA) is 34.0 Å². The van der Waals surface area contributed by atoms with E-state index < -0.39 is 0 Å². The van der Waals surface area contributed by atoms with E-state index in [2.05, 4.69) is 48.2 Å². The van der Waals surface area contributed by atoms with Gasteiger partial charge in [0.15, 0.2) is 0 Å². The fourth-order valence-electron chi connectivity index (χ4n) is 2.59. The Labute approximate surface area is 131 Å². The lowest BCUT2D eigenvalue weighted by molar-refractivity contribution is 0.0934. The molecule has 0 aliphatic heterocycles. The third-order valence-corrected chi connectivity index (χ3v) is 4.89. The van der Waals surface area contributed by atoms with E-state index in [1.807, 2.05) is 13.0 Å². The minimum absolute atomic E-state index is 0.0502. The van der Waals surface area contributed by atoms with Crippen LogP contribution in [0.5, 0.6) is 0 Å². The zero-order chi connectivity index (χ0) is 15.4. The molecule has 2 heterocycles. The summed E-state index contributed by atoms with van der Waals surface area (Å²) in [5.41, 5.74) is 2.98. The van der Waals surface area contributed by atoms with E-state index in [-0.39, 0.29) is 11.9 Å². The Hall–Kier alpha value is -1.55. The SMILES string of the molecule is CCC(CC)NC(=O)c1cc(C)n(Cc2cccs2)c1C. The van der Waals surface area contributed by atoms with E-state index in [1.165, 1.54) is 4.88 Å². The van der Waals surface area contributed by atoms with Crippen LogP contribution in [0.25, 0.3) is 0 Å². The Morgan fingerprint density at radius 2 is 2.05 bits per heavy atom. The van der Waals surface area contributed by atoms with Crippen molar-refractivity contribution >= 4 is 17.2 Å². The number of aromatic nitrogens is 1. The predicted octanol–water partition coefficient (Wildman–Crippen LogP) is 4.13. The van der Waals surface area contributed by atoms with Crippen LogP contribution < -0.4 is 5.32 Å². The van der Waals surface area contributed by atoms with Gasteiger partial charge in [0.05, 0.1) is 12.1 Å². The number of carbonyl (C=O) groups is 1. The molecule has 0 radical (unpaired) electrons. The average Bonchev–Trinajstić information content (AvgIpc) is 3.08. The highest BCUT2D eigenvalue weighted by atomic mass is 32.1. The number of hydrogen-bond acceptors (Lipinski definition) is 2. The molecule has 2 rings (SSSR count). The number of nitrogens with one attached hydrogen (secondary N) is 1. The monoisotopic (exact) mass is 304 g/mol. The summed E-state index contributed by atoms with van der Waals surface area (Å²) in [4.78, 5) is 13.7. The molecule has 1 N–H and O–H groups in total. The predicted molar refractivity (Wildman–Crippen MR) is 89.2 cm³/mol. The van der Waals surface area contributed by atoms with Gasteiger partial charge in [-0.3, -0.25) is 4.79 Å². The molecule has 0 spiro atoms. The third kappa shape index (κ3) is 3.56.